The largest absolute Gasteiger partial charge is 0.399 e. The molecule has 0 radical (unpaired) electrons. The van der Waals surface area contributed by atoms with Crippen molar-refractivity contribution in [3.63, 3.8) is 0 Å². The van der Waals surface area contributed by atoms with E-state index in [0.717, 1.165) is 35.5 Å². The van der Waals surface area contributed by atoms with Crippen molar-refractivity contribution in [2.24, 2.45) is 0 Å². The first-order valence-corrected chi connectivity index (χ1v) is 8.66. The maximum Gasteiger partial charge on any atom is 0.0458 e. The van der Waals surface area contributed by atoms with Crippen molar-refractivity contribution in [3.05, 3.63) is 57.6 Å². The van der Waals surface area contributed by atoms with Gasteiger partial charge in [-0.3, -0.25) is 0 Å². The highest BCUT2D eigenvalue weighted by Gasteiger charge is 2.23. The quantitative estimate of drug-likeness (QED) is 0.446. The van der Waals surface area contributed by atoms with Crippen LogP contribution in [-0.4, -0.2) is 12.8 Å². The van der Waals surface area contributed by atoms with Gasteiger partial charge in [0.15, 0.2) is 0 Å². The summed E-state index contributed by atoms with van der Waals surface area (Å²) < 4.78 is 0. The Bertz CT molecular complexity index is 727. The minimum atomic E-state index is -0.165. The summed E-state index contributed by atoms with van der Waals surface area (Å²) in [5.41, 5.74) is 9.68. The lowest BCUT2D eigenvalue weighted by molar-refractivity contribution is 0.557. The Labute approximate surface area is 153 Å². The fourth-order valence-corrected chi connectivity index (χ4v) is 3.33. The number of halogens is 2. The van der Waals surface area contributed by atoms with Crippen LogP contribution in [0, 0.1) is 5.41 Å². The lowest BCUT2D eigenvalue weighted by Gasteiger charge is -2.28. The van der Waals surface area contributed by atoms with Crippen LogP contribution in [0.3, 0.4) is 0 Å². The monoisotopic (exact) mass is 363 g/mol. The lowest BCUT2D eigenvalue weighted by Crippen LogP contribution is -2.28. The number of nitrogens with two attached hydrogens (primary N) is 1. The highest BCUT2D eigenvalue weighted by molar-refractivity contribution is 6.35. The molecule has 0 spiro atoms. The van der Waals surface area contributed by atoms with Gasteiger partial charge in [-0.15, -0.1) is 0 Å². The number of nitrogen functional groups attached to an aromatic ring is 1. The number of rotatable bonds is 7. The van der Waals surface area contributed by atoms with E-state index in [1.165, 1.54) is 6.21 Å². The molecule has 5 heteroatoms. The van der Waals surface area contributed by atoms with E-state index in [-0.39, 0.29) is 5.41 Å². The minimum absolute atomic E-state index is 0.165. The number of anilines is 2. The van der Waals surface area contributed by atoms with E-state index in [1.807, 2.05) is 30.3 Å². The molecule has 0 unspecified atom stereocenters. The van der Waals surface area contributed by atoms with E-state index in [0.29, 0.717) is 16.5 Å². The average molecular weight is 364 g/mol. The van der Waals surface area contributed by atoms with Crippen molar-refractivity contribution in [1.82, 2.24) is 0 Å². The third-order valence-corrected chi connectivity index (χ3v) is 4.62. The second-order valence-electron chi connectivity index (χ2n) is 6.52. The van der Waals surface area contributed by atoms with Crippen molar-refractivity contribution in [2.45, 2.75) is 32.1 Å². The van der Waals surface area contributed by atoms with Gasteiger partial charge in [-0.1, -0.05) is 43.1 Å². The van der Waals surface area contributed by atoms with Gasteiger partial charge in [0.2, 0.25) is 0 Å². The molecule has 0 bridgehead atoms. The maximum absolute atomic E-state index is 7.23. The van der Waals surface area contributed by atoms with Gasteiger partial charge >= 0.3 is 0 Å². The predicted molar refractivity (Wildman–Crippen MR) is 106 cm³/mol. The van der Waals surface area contributed by atoms with Gasteiger partial charge in [-0.25, -0.2) is 0 Å². The summed E-state index contributed by atoms with van der Waals surface area (Å²) in [6.07, 6.45) is 2.91. The molecular formula is C19H23Cl2N3. The van der Waals surface area contributed by atoms with Crippen molar-refractivity contribution in [2.75, 3.05) is 17.6 Å². The Kier molecular flexibility index (Phi) is 6.14. The Morgan fingerprint density at radius 3 is 2.58 bits per heavy atom. The van der Waals surface area contributed by atoms with Gasteiger partial charge in [0, 0.05) is 33.4 Å². The molecule has 0 aliphatic rings. The smallest absolute Gasteiger partial charge is 0.0458 e. The normalized spacial score (nSPS) is 11.3. The van der Waals surface area contributed by atoms with E-state index in [1.54, 1.807) is 6.07 Å². The summed E-state index contributed by atoms with van der Waals surface area (Å²) in [6, 6.07) is 11.5. The Morgan fingerprint density at radius 1 is 1.17 bits per heavy atom. The van der Waals surface area contributed by atoms with Crippen molar-refractivity contribution in [1.29, 1.82) is 5.41 Å². The Hall–Kier alpha value is -1.71. The number of aryl methyl sites for hydroxylation is 1. The van der Waals surface area contributed by atoms with Crippen LogP contribution in [0.5, 0.6) is 0 Å². The van der Waals surface area contributed by atoms with Gasteiger partial charge in [-0.05, 0) is 60.5 Å². The molecule has 0 aliphatic heterocycles. The second-order valence-corrected chi connectivity index (χ2v) is 7.36. The molecule has 2 aromatic rings. The topological polar surface area (TPSA) is 61.9 Å². The summed E-state index contributed by atoms with van der Waals surface area (Å²) >= 11 is 12.4. The van der Waals surface area contributed by atoms with Gasteiger partial charge in [0.1, 0.15) is 0 Å². The number of benzene rings is 2. The molecule has 0 fully saturated rings. The summed E-state index contributed by atoms with van der Waals surface area (Å²) in [4.78, 5) is 0. The molecule has 0 aliphatic carbocycles. The molecule has 2 aromatic carbocycles. The summed E-state index contributed by atoms with van der Waals surface area (Å²) in [6.45, 7) is 5.00. The van der Waals surface area contributed by atoms with Crippen LogP contribution in [-0.2, 0) is 11.8 Å². The molecule has 0 aromatic heterocycles. The van der Waals surface area contributed by atoms with Crippen LogP contribution in [0.4, 0.5) is 11.4 Å². The lowest BCUT2D eigenvalue weighted by atomic mass is 9.84. The van der Waals surface area contributed by atoms with Gasteiger partial charge < -0.3 is 16.5 Å². The number of hydrogen-bond acceptors (Lipinski definition) is 3. The van der Waals surface area contributed by atoms with Gasteiger partial charge in [-0.2, -0.15) is 0 Å². The van der Waals surface area contributed by atoms with Crippen LogP contribution in [0.2, 0.25) is 10.0 Å². The highest BCUT2D eigenvalue weighted by Crippen LogP contribution is 2.32. The first-order valence-electron chi connectivity index (χ1n) is 7.90. The summed E-state index contributed by atoms with van der Waals surface area (Å²) in [5, 5.41) is 12.1. The molecular weight excluding hydrogens is 341 g/mol. The molecule has 24 heavy (non-hydrogen) atoms. The van der Waals surface area contributed by atoms with Crippen LogP contribution in [0.15, 0.2) is 36.4 Å². The highest BCUT2D eigenvalue weighted by atomic mass is 35.5. The van der Waals surface area contributed by atoms with Gasteiger partial charge in [0.25, 0.3) is 0 Å². The van der Waals surface area contributed by atoms with E-state index in [4.69, 9.17) is 34.3 Å². The third-order valence-electron chi connectivity index (χ3n) is 4.07. The maximum atomic E-state index is 7.23. The molecule has 128 valence electrons. The fraction of sp³-hybridized carbons (Fsp3) is 0.316. The first kappa shape index (κ1) is 18.6. The molecule has 2 rings (SSSR count). The van der Waals surface area contributed by atoms with E-state index < -0.39 is 0 Å². The Balaban J connectivity index is 2.18. The van der Waals surface area contributed by atoms with Gasteiger partial charge in [0.05, 0.1) is 0 Å². The summed E-state index contributed by atoms with van der Waals surface area (Å²) in [5.74, 6) is 0. The molecule has 0 saturated heterocycles. The first-order chi connectivity index (χ1) is 11.3. The summed E-state index contributed by atoms with van der Waals surface area (Å²) in [7, 11) is 0. The zero-order chi connectivity index (χ0) is 17.7. The second kappa shape index (κ2) is 7.91. The Morgan fingerprint density at radius 2 is 1.92 bits per heavy atom. The molecule has 4 N–H and O–H groups in total. The standard InChI is InChI=1S/C19H23Cl2N3/c1-19(2,16-7-5-14(20)11-17(16)21)12-24-18-8-6-15(23)10-13(18)4-3-9-22/h5-11,22,24H,3-4,12,23H2,1-2H3. The van der Waals surface area contributed by atoms with E-state index in [2.05, 4.69) is 19.2 Å². The van der Waals surface area contributed by atoms with Crippen molar-refractivity contribution in [3.8, 4) is 0 Å². The molecule has 0 atom stereocenters. The van der Waals surface area contributed by atoms with Crippen molar-refractivity contribution < 1.29 is 0 Å². The van der Waals surface area contributed by atoms with Crippen LogP contribution < -0.4 is 11.1 Å². The fourth-order valence-electron chi connectivity index (χ4n) is 2.67. The third kappa shape index (κ3) is 4.65. The SMILES string of the molecule is CC(C)(CNc1ccc(N)cc1CCC=N)c1ccc(Cl)cc1Cl. The van der Waals surface area contributed by atoms with Crippen LogP contribution >= 0.6 is 23.2 Å². The predicted octanol–water partition coefficient (Wildman–Crippen LogP) is 5.55. The number of nitrogens with one attached hydrogen (secondary N) is 2. The van der Waals surface area contributed by atoms with E-state index in [9.17, 15) is 0 Å². The molecule has 0 heterocycles. The molecule has 0 saturated carbocycles. The van der Waals surface area contributed by atoms with Crippen LogP contribution in [0.25, 0.3) is 0 Å². The zero-order valence-corrected chi connectivity index (χ0v) is 15.5. The van der Waals surface area contributed by atoms with E-state index >= 15 is 0 Å². The molecule has 3 nitrogen and oxygen atoms in total. The number of hydrogen-bond donors (Lipinski definition) is 3. The van der Waals surface area contributed by atoms with Crippen molar-refractivity contribution >= 4 is 40.8 Å². The zero-order valence-electron chi connectivity index (χ0n) is 14.0. The van der Waals surface area contributed by atoms with Crippen LogP contribution in [0.1, 0.15) is 31.4 Å². The average Bonchev–Trinajstić information content (AvgIpc) is 2.51. The minimum Gasteiger partial charge on any atom is -0.399 e. The molecule has 0 amide bonds.